The molecule has 0 saturated carbocycles. The van der Waals surface area contributed by atoms with Crippen molar-refractivity contribution in [3.63, 3.8) is 0 Å². The van der Waals surface area contributed by atoms with Crippen molar-refractivity contribution in [2.45, 2.75) is 39.2 Å². The number of nitrogens with zero attached hydrogens (tertiary/aromatic N) is 1. The normalized spacial score (nSPS) is 22.6. The van der Waals surface area contributed by atoms with E-state index in [9.17, 15) is 4.79 Å². The van der Waals surface area contributed by atoms with Gasteiger partial charge in [0.1, 0.15) is 6.29 Å². The van der Waals surface area contributed by atoms with E-state index in [4.69, 9.17) is 0 Å². The van der Waals surface area contributed by atoms with Crippen molar-refractivity contribution >= 4 is 6.29 Å². The molecule has 1 aliphatic rings. The zero-order valence-corrected chi connectivity index (χ0v) is 8.34. The Morgan fingerprint density at radius 2 is 1.83 bits per heavy atom. The van der Waals surface area contributed by atoms with E-state index in [1.165, 1.54) is 12.8 Å². The summed E-state index contributed by atoms with van der Waals surface area (Å²) in [5.41, 5.74) is 0.0538. The van der Waals surface area contributed by atoms with Gasteiger partial charge in [-0.1, -0.05) is 6.92 Å². The Balaban J connectivity index is 2.61. The fourth-order valence-electron chi connectivity index (χ4n) is 1.75. The largest absolute Gasteiger partial charge is 0.303 e. The van der Waals surface area contributed by atoms with E-state index in [0.29, 0.717) is 0 Å². The van der Waals surface area contributed by atoms with E-state index in [2.05, 4.69) is 18.7 Å². The van der Waals surface area contributed by atoms with E-state index in [1.54, 1.807) is 0 Å². The molecule has 0 bridgehead atoms. The Labute approximate surface area is 74.9 Å². The Morgan fingerprint density at radius 3 is 2.25 bits per heavy atom. The molecule has 2 heteroatoms. The van der Waals surface area contributed by atoms with E-state index in [1.807, 2.05) is 6.92 Å². The van der Waals surface area contributed by atoms with Gasteiger partial charge in [-0.05, 0) is 39.8 Å². The molecule has 0 aliphatic carbocycles. The van der Waals surface area contributed by atoms with Crippen molar-refractivity contribution in [3.05, 3.63) is 0 Å². The van der Waals surface area contributed by atoms with Gasteiger partial charge in [-0.15, -0.1) is 0 Å². The predicted octanol–water partition coefficient (Wildman–Crippen LogP) is 1.70. The van der Waals surface area contributed by atoms with E-state index >= 15 is 0 Å². The first-order chi connectivity index (χ1) is 5.59. The first kappa shape index (κ1) is 9.72. The van der Waals surface area contributed by atoms with Crippen LogP contribution in [0.1, 0.15) is 33.6 Å². The lowest BCUT2D eigenvalue weighted by molar-refractivity contribution is -0.114. The van der Waals surface area contributed by atoms with Crippen molar-refractivity contribution in [2.24, 2.45) is 5.92 Å². The molecule has 12 heavy (non-hydrogen) atoms. The molecular weight excluding hydrogens is 150 g/mol. The molecule has 0 amide bonds. The molecule has 0 radical (unpaired) electrons. The summed E-state index contributed by atoms with van der Waals surface area (Å²) in [5.74, 6) is 0.135. The standard InChI is InChI=1S/C10H19NO/c1-9(8-12)10(2,3)11-6-4-5-7-11/h8-9H,4-7H2,1-3H3. The maximum Gasteiger partial charge on any atom is 0.124 e. The van der Waals surface area contributed by atoms with Crippen molar-refractivity contribution in [3.8, 4) is 0 Å². The number of hydrogen-bond acceptors (Lipinski definition) is 2. The minimum absolute atomic E-state index is 0.0538. The van der Waals surface area contributed by atoms with Crippen LogP contribution in [0.3, 0.4) is 0 Å². The third kappa shape index (κ3) is 1.69. The van der Waals surface area contributed by atoms with Crippen molar-refractivity contribution in [1.82, 2.24) is 4.90 Å². The van der Waals surface area contributed by atoms with Gasteiger partial charge in [0.25, 0.3) is 0 Å². The van der Waals surface area contributed by atoms with Crippen molar-refractivity contribution < 1.29 is 4.79 Å². The lowest BCUT2D eigenvalue weighted by Gasteiger charge is -2.38. The van der Waals surface area contributed by atoms with Gasteiger partial charge in [-0.2, -0.15) is 0 Å². The molecule has 1 aliphatic heterocycles. The second-order valence-corrected chi connectivity index (χ2v) is 4.27. The van der Waals surface area contributed by atoms with Crippen LogP contribution in [0.15, 0.2) is 0 Å². The van der Waals surface area contributed by atoms with Gasteiger partial charge in [0.15, 0.2) is 0 Å². The second kappa shape index (κ2) is 3.56. The number of hydrogen-bond donors (Lipinski definition) is 0. The molecule has 0 aromatic heterocycles. The van der Waals surface area contributed by atoms with Gasteiger partial charge in [0.05, 0.1) is 0 Å². The van der Waals surface area contributed by atoms with Gasteiger partial charge in [0, 0.05) is 11.5 Å². The Kier molecular flexibility index (Phi) is 2.89. The van der Waals surface area contributed by atoms with Crippen molar-refractivity contribution in [1.29, 1.82) is 0 Å². The number of aldehydes is 1. The molecule has 0 N–H and O–H groups in total. The average molecular weight is 169 g/mol. The van der Waals surface area contributed by atoms with Gasteiger partial charge < -0.3 is 4.79 Å². The van der Waals surface area contributed by atoms with E-state index < -0.39 is 0 Å². The van der Waals surface area contributed by atoms with Crippen LogP contribution in [-0.2, 0) is 4.79 Å². The molecule has 1 unspecified atom stereocenters. The third-order valence-corrected chi connectivity index (χ3v) is 3.24. The highest BCUT2D eigenvalue weighted by Gasteiger charge is 2.33. The molecule has 1 saturated heterocycles. The van der Waals surface area contributed by atoms with Crippen LogP contribution < -0.4 is 0 Å². The lowest BCUT2D eigenvalue weighted by atomic mass is 9.88. The summed E-state index contributed by atoms with van der Waals surface area (Å²) in [7, 11) is 0. The van der Waals surface area contributed by atoms with Crippen LogP contribution in [0.5, 0.6) is 0 Å². The number of carbonyl (C=O) groups excluding carboxylic acids is 1. The highest BCUT2D eigenvalue weighted by Crippen LogP contribution is 2.26. The van der Waals surface area contributed by atoms with Crippen LogP contribution >= 0.6 is 0 Å². The summed E-state index contributed by atoms with van der Waals surface area (Å²) in [6, 6.07) is 0. The van der Waals surface area contributed by atoms with Crippen LogP contribution in [0, 0.1) is 5.92 Å². The lowest BCUT2D eigenvalue weighted by Crippen LogP contribution is -2.47. The zero-order valence-electron chi connectivity index (χ0n) is 8.34. The van der Waals surface area contributed by atoms with Gasteiger partial charge in [-0.25, -0.2) is 0 Å². The first-order valence-corrected chi connectivity index (χ1v) is 4.79. The van der Waals surface area contributed by atoms with E-state index in [0.717, 1.165) is 19.4 Å². The average Bonchev–Trinajstić information content (AvgIpc) is 2.55. The van der Waals surface area contributed by atoms with Gasteiger partial charge in [-0.3, -0.25) is 4.90 Å². The van der Waals surface area contributed by atoms with Crippen molar-refractivity contribution in [2.75, 3.05) is 13.1 Å². The highest BCUT2D eigenvalue weighted by molar-refractivity contribution is 5.55. The summed E-state index contributed by atoms with van der Waals surface area (Å²) in [5, 5.41) is 0. The molecule has 1 fully saturated rings. The molecule has 0 spiro atoms. The Morgan fingerprint density at radius 1 is 1.33 bits per heavy atom. The Bertz CT molecular complexity index is 159. The molecule has 1 atom stereocenters. The molecule has 70 valence electrons. The molecule has 1 heterocycles. The third-order valence-electron chi connectivity index (χ3n) is 3.24. The fraction of sp³-hybridized carbons (Fsp3) is 0.900. The zero-order chi connectivity index (χ0) is 9.19. The maximum atomic E-state index is 10.7. The second-order valence-electron chi connectivity index (χ2n) is 4.27. The molecule has 0 aromatic rings. The molecule has 1 rings (SSSR count). The predicted molar refractivity (Wildman–Crippen MR) is 50.1 cm³/mol. The van der Waals surface area contributed by atoms with Crippen LogP contribution in [0.4, 0.5) is 0 Å². The topological polar surface area (TPSA) is 20.3 Å². The fourth-order valence-corrected chi connectivity index (χ4v) is 1.75. The monoisotopic (exact) mass is 169 g/mol. The number of likely N-dealkylation sites (tertiary alicyclic amines) is 1. The minimum atomic E-state index is 0.0538. The van der Waals surface area contributed by atoms with Gasteiger partial charge in [0.2, 0.25) is 0 Å². The van der Waals surface area contributed by atoms with Crippen LogP contribution in [-0.4, -0.2) is 29.8 Å². The van der Waals surface area contributed by atoms with Gasteiger partial charge >= 0.3 is 0 Å². The quantitative estimate of drug-likeness (QED) is 0.599. The molecule has 2 nitrogen and oxygen atoms in total. The minimum Gasteiger partial charge on any atom is -0.303 e. The summed E-state index contributed by atoms with van der Waals surface area (Å²) in [6.45, 7) is 8.65. The smallest absolute Gasteiger partial charge is 0.124 e. The summed E-state index contributed by atoms with van der Waals surface area (Å²) >= 11 is 0. The molecular formula is C10H19NO. The summed E-state index contributed by atoms with van der Waals surface area (Å²) < 4.78 is 0. The maximum absolute atomic E-state index is 10.7. The summed E-state index contributed by atoms with van der Waals surface area (Å²) in [4.78, 5) is 13.1. The first-order valence-electron chi connectivity index (χ1n) is 4.79. The SMILES string of the molecule is CC(C=O)C(C)(C)N1CCCC1. The van der Waals surface area contributed by atoms with E-state index in [-0.39, 0.29) is 11.5 Å². The van der Waals surface area contributed by atoms with Crippen LogP contribution in [0.25, 0.3) is 0 Å². The highest BCUT2D eigenvalue weighted by atomic mass is 16.1. The number of rotatable bonds is 3. The summed E-state index contributed by atoms with van der Waals surface area (Å²) in [6.07, 6.45) is 3.64. The molecule has 0 aromatic carbocycles. The number of carbonyl (C=O) groups is 1. The van der Waals surface area contributed by atoms with Crippen LogP contribution in [0.2, 0.25) is 0 Å². The Hall–Kier alpha value is -0.370.